The Morgan fingerprint density at radius 2 is 1.73 bits per heavy atom. The van der Waals surface area contributed by atoms with Gasteiger partial charge in [0.1, 0.15) is 0 Å². The first-order chi connectivity index (χ1) is 5.09. The van der Waals surface area contributed by atoms with Crippen molar-refractivity contribution in [1.29, 1.82) is 0 Å². The second kappa shape index (κ2) is 1.50. The molecule has 4 rings (SSSR count). The standard InChI is InChI=1S/C7H11NO2S/c8-11(9,10)7-3-1-4-5(2-3)6(4)7/h3-7H,1-2H2,(H2,8,9,10). The molecule has 0 amide bonds. The Kier molecular flexibility index (Phi) is 0.876. The Morgan fingerprint density at radius 1 is 1.18 bits per heavy atom. The molecule has 4 fully saturated rings. The lowest BCUT2D eigenvalue weighted by molar-refractivity contribution is 0.544. The summed E-state index contributed by atoms with van der Waals surface area (Å²) in [6.45, 7) is 0. The maximum absolute atomic E-state index is 11.1. The summed E-state index contributed by atoms with van der Waals surface area (Å²) in [6.07, 6.45) is 2.27. The van der Waals surface area contributed by atoms with Crippen molar-refractivity contribution in [3.8, 4) is 0 Å². The molecule has 62 valence electrons. The Morgan fingerprint density at radius 3 is 1.91 bits per heavy atom. The third-order valence-electron chi connectivity index (χ3n) is 3.77. The smallest absolute Gasteiger partial charge is 0.212 e. The fourth-order valence-electron chi connectivity index (χ4n) is 3.49. The van der Waals surface area contributed by atoms with E-state index in [1.807, 2.05) is 0 Å². The molecule has 4 aliphatic rings. The molecule has 11 heavy (non-hydrogen) atoms. The highest BCUT2D eigenvalue weighted by molar-refractivity contribution is 7.89. The molecule has 0 radical (unpaired) electrons. The van der Waals surface area contributed by atoms with Crippen LogP contribution in [-0.4, -0.2) is 13.7 Å². The van der Waals surface area contributed by atoms with Gasteiger partial charge in [-0.3, -0.25) is 0 Å². The van der Waals surface area contributed by atoms with Gasteiger partial charge in [0.2, 0.25) is 10.0 Å². The van der Waals surface area contributed by atoms with Crippen molar-refractivity contribution in [2.75, 3.05) is 0 Å². The first-order valence-corrected chi connectivity index (χ1v) is 5.71. The first-order valence-electron chi connectivity index (χ1n) is 4.10. The van der Waals surface area contributed by atoms with E-state index >= 15 is 0 Å². The highest BCUT2D eigenvalue weighted by Crippen LogP contribution is 2.71. The van der Waals surface area contributed by atoms with Crippen molar-refractivity contribution in [2.45, 2.75) is 18.1 Å². The van der Waals surface area contributed by atoms with Gasteiger partial charge in [-0.25, -0.2) is 13.6 Å². The van der Waals surface area contributed by atoms with Crippen LogP contribution >= 0.6 is 0 Å². The van der Waals surface area contributed by atoms with Crippen molar-refractivity contribution in [2.24, 2.45) is 28.8 Å². The van der Waals surface area contributed by atoms with E-state index in [-0.39, 0.29) is 5.25 Å². The predicted molar refractivity (Wildman–Crippen MR) is 40.1 cm³/mol. The largest absolute Gasteiger partial charge is 0.228 e. The summed E-state index contributed by atoms with van der Waals surface area (Å²) in [5.74, 6) is 2.37. The Labute approximate surface area is 66.0 Å². The molecule has 4 bridgehead atoms. The zero-order valence-electron chi connectivity index (χ0n) is 6.10. The number of rotatable bonds is 1. The van der Waals surface area contributed by atoms with Crippen molar-refractivity contribution >= 4 is 10.0 Å². The Hall–Kier alpha value is -0.0900. The van der Waals surface area contributed by atoms with Crippen molar-refractivity contribution in [3.05, 3.63) is 0 Å². The van der Waals surface area contributed by atoms with E-state index < -0.39 is 10.0 Å². The molecule has 4 aliphatic carbocycles. The van der Waals surface area contributed by atoms with E-state index in [4.69, 9.17) is 5.14 Å². The predicted octanol–water partition coefficient (Wildman–Crippen LogP) is -0.0707. The molecule has 2 N–H and O–H groups in total. The molecule has 3 atom stereocenters. The van der Waals surface area contributed by atoms with Crippen LogP contribution in [0.3, 0.4) is 0 Å². The molecular weight excluding hydrogens is 162 g/mol. The molecule has 0 spiro atoms. The van der Waals surface area contributed by atoms with Crippen molar-refractivity contribution in [3.63, 3.8) is 0 Å². The second-order valence-electron chi connectivity index (χ2n) is 4.19. The fraction of sp³-hybridized carbons (Fsp3) is 1.00. The van der Waals surface area contributed by atoms with Crippen LogP contribution in [0.25, 0.3) is 0 Å². The number of primary sulfonamides is 1. The zero-order chi connectivity index (χ0) is 7.80. The maximum atomic E-state index is 11.1. The number of nitrogens with two attached hydrogens (primary N) is 1. The van der Waals surface area contributed by atoms with Gasteiger partial charge in [0.15, 0.2) is 0 Å². The Balaban J connectivity index is 2.04. The van der Waals surface area contributed by atoms with Gasteiger partial charge in [0.25, 0.3) is 0 Å². The molecule has 4 saturated carbocycles. The van der Waals surface area contributed by atoms with E-state index in [0.29, 0.717) is 11.8 Å². The molecule has 0 aromatic carbocycles. The minimum atomic E-state index is -3.22. The molecule has 0 aliphatic heterocycles. The van der Waals surface area contributed by atoms with Crippen LogP contribution < -0.4 is 5.14 Å². The zero-order valence-corrected chi connectivity index (χ0v) is 6.92. The van der Waals surface area contributed by atoms with Crippen LogP contribution in [0.1, 0.15) is 12.8 Å². The lowest BCUT2D eigenvalue weighted by Crippen LogP contribution is -2.31. The van der Waals surface area contributed by atoms with Crippen LogP contribution in [-0.2, 0) is 10.0 Å². The fourth-order valence-corrected chi connectivity index (χ4v) is 5.09. The summed E-state index contributed by atoms with van der Waals surface area (Å²) >= 11 is 0. The van der Waals surface area contributed by atoms with Crippen LogP contribution in [0, 0.1) is 23.7 Å². The number of hydrogen-bond donors (Lipinski definition) is 1. The average Bonchev–Trinajstić information content (AvgIpc) is 2.35. The van der Waals surface area contributed by atoms with Gasteiger partial charge in [-0.15, -0.1) is 0 Å². The van der Waals surface area contributed by atoms with Crippen molar-refractivity contribution in [1.82, 2.24) is 0 Å². The van der Waals surface area contributed by atoms with Gasteiger partial charge < -0.3 is 0 Å². The summed E-state index contributed by atoms with van der Waals surface area (Å²) in [5, 5.41) is 4.99. The van der Waals surface area contributed by atoms with Gasteiger partial charge in [0.05, 0.1) is 5.25 Å². The summed E-state index contributed by atoms with van der Waals surface area (Å²) < 4.78 is 22.2. The maximum Gasteiger partial charge on any atom is 0.212 e. The third-order valence-corrected chi connectivity index (χ3v) is 5.23. The van der Waals surface area contributed by atoms with E-state index in [1.54, 1.807) is 0 Å². The quantitative estimate of drug-likeness (QED) is 0.603. The molecule has 0 aromatic heterocycles. The van der Waals surface area contributed by atoms with E-state index in [1.165, 1.54) is 0 Å². The van der Waals surface area contributed by atoms with Gasteiger partial charge in [-0.2, -0.15) is 0 Å². The molecule has 0 heterocycles. The lowest BCUT2D eigenvalue weighted by atomic mass is 10.1. The van der Waals surface area contributed by atoms with E-state index in [0.717, 1.165) is 24.7 Å². The van der Waals surface area contributed by atoms with Gasteiger partial charge in [-0.05, 0) is 36.5 Å². The SMILES string of the molecule is NS(=O)(=O)C1C2CC3C(C2)C31. The number of sulfonamides is 1. The van der Waals surface area contributed by atoms with Crippen LogP contribution in [0.5, 0.6) is 0 Å². The monoisotopic (exact) mass is 173 g/mol. The summed E-state index contributed by atoms with van der Waals surface area (Å²) in [4.78, 5) is 0. The third kappa shape index (κ3) is 0.609. The summed E-state index contributed by atoms with van der Waals surface area (Å²) in [5.41, 5.74) is 0. The average molecular weight is 173 g/mol. The van der Waals surface area contributed by atoms with E-state index in [9.17, 15) is 8.42 Å². The molecule has 0 aromatic rings. The van der Waals surface area contributed by atoms with E-state index in [2.05, 4.69) is 0 Å². The van der Waals surface area contributed by atoms with Crippen LogP contribution in [0.2, 0.25) is 0 Å². The molecule has 3 nitrogen and oxygen atoms in total. The van der Waals surface area contributed by atoms with Gasteiger partial charge in [-0.1, -0.05) is 0 Å². The first kappa shape index (κ1) is 6.43. The van der Waals surface area contributed by atoms with Crippen LogP contribution in [0.15, 0.2) is 0 Å². The minimum absolute atomic E-state index is 0.155. The summed E-state index contributed by atoms with van der Waals surface area (Å²) in [7, 11) is -3.22. The highest BCUT2D eigenvalue weighted by Gasteiger charge is 2.71. The van der Waals surface area contributed by atoms with Gasteiger partial charge in [0, 0.05) is 0 Å². The lowest BCUT2D eigenvalue weighted by Gasteiger charge is -2.10. The molecule has 0 saturated heterocycles. The summed E-state index contributed by atoms with van der Waals surface area (Å²) in [6, 6.07) is 0. The molecule has 4 heteroatoms. The topological polar surface area (TPSA) is 60.2 Å². The highest BCUT2D eigenvalue weighted by atomic mass is 32.2. The number of hydrogen-bond acceptors (Lipinski definition) is 2. The van der Waals surface area contributed by atoms with Crippen molar-refractivity contribution < 1.29 is 8.42 Å². The Bertz CT molecular complexity index is 296. The minimum Gasteiger partial charge on any atom is -0.228 e. The normalized spacial score (nSPS) is 58.5. The molecule has 3 unspecified atom stereocenters. The van der Waals surface area contributed by atoms with Gasteiger partial charge >= 0.3 is 0 Å². The molecular formula is C7H11NO2S. The van der Waals surface area contributed by atoms with Crippen LogP contribution in [0.4, 0.5) is 0 Å². The second-order valence-corrected chi connectivity index (χ2v) is 5.91.